The number of rotatable bonds is 1. The van der Waals surface area contributed by atoms with Crippen LogP contribution in [0.5, 0.6) is 5.75 Å². The van der Waals surface area contributed by atoms with Crippen molar-refractivity contribution in [3.05, 3.63) is 42.0 Å². The van der Waals surface area contributed by atoms with E-state index in [1.54, 1.807) is 6.07 Å². The number of phenols is 1. The summed E-state index contributed by atoms with van der Waals surface area (Å²) in [6, 6.07) is 12.0. The number of aromatic hydroxyl groups is 1. The highest BCUT2D eigenvalue weighted by Gasteiger charge is 2.07. The van der Waals surface area contributed by atoms with Crippen LogP contribution in [-0.4, -0.2) is 10.1 Å². The highest BCUT2D eigenvalue weighted by Crippen LogP contribution is 2.31. The Morgan fingerprint density at radius 3 is 2.81 bits per heavy atom. The van der Waals surface area contributed by atoms with E-state index in [2.05, 4.69) is 30.1 Å². The molecule has 2 nitrogen and oxygen atoms in total. The summed E-state index contributed by atoms with van der Waals surface area (Å²) in [6.45, 7) is 2.15. The number of fused-ring (bicyclic) bond motifs is 3. The maximum atomic E-state index is 9.77. The van der Waals surface area contributed by atoms with Gasteiger partial charge >= 0.3 is 0 Å². The topological polar surface area (TPSA) is 36.0 Å². The predicted octanol–water partition coefficient (Wildman–Crippen LogP) is 3.59. The van der Waals surface area contributed by atoms with Crippen LogP contribution >= 0.6 is 0 Å². The molecule has 80 valence electrons. The molecule has 3 aromatic rings. The molecule has 0 aliphatic carbocycles. The number of hydrogen-bond acceptors (Lipinski definition) is 1. The molecule has 1 aromatic heterocycles. The van der Waals surface area contributed by atoms with Gasteiger partial charge in [-0.25, -0.2) is 0 Å². The van der Waals surface area contributed by atoms with Gasteiger partial charge in [0.05, 0.1) is 5.52 Å². The van der Waals surface area contributed by atoms with Crippen molar-refractivity contribution in [1.82, 2.24) is 4.98 Å². The molecule has 3 rings (SSSR count). The number of para-hydroxylation sites is 1. The van der Waals surface area contributed by atoms with Gasteiger partial charge in [0.2, 0.25) is 0 Å². The summed E-state index contributed by atoms with van der Waals surface area (Å²) in [5, 5.41) is 12.0. The molecule has 0 saturated carbocycles. The molecule has 0 amide bonds. The van der Waals surface area contributed by atoms with Crippen molar-refractivity contribution >= 4 is 21.8 Å². The number of aromatic amines is 1. The van der Waals surface area contributed by atoms with Crippen LogP contribution in [0.2, 0.25) is 0 Å². The Morgan fingerprint density at radius 2 is 2.00 bits per heavy atom. The third kappa shape index (κ3) is 1.20. The molecule has 0 saturated heterocycles. The summed E-state index contributed by atoms with van der Waals surface area (Å²) in [6.07, 6.45) is 1.03. The first-order chi connectivity index (χ1) is 7.79. The normalized spacial score (nSPS) is 11.3. The van der Waals surface area contributed by atoms with Gasteiger partial charge in [0, 0.05) is 16.3 Å². The summed E-state index contributed by atoms with van der Waals surface area (Å²) in [7, 11) is 0. The van der Waals surface area contributed by atoms with Crippen molar-refractivity contribution in [3.8, 4) is 5.75 Å². The third-order valence-electron chi connectivity index (χ3n) is 3.08. The van der Waals surface area contributed by atoms with E-state index in [4.69, 9.17) is 0 Å². The Kier molecular flexibility index (Phi) is 1.90. The monoisotopic (exact) mass is 211 g/mol. The number of nitrogens with one attached hydrogen (secondary N) is 1. The number of H-pyrrole nitrogens is 1. The first-order valence-corrected chi connectivity index (χ1v) is 5.52. The average Bonchev–Trinajstić information content (AvgIpc) is 2.68. The predicted molar refractivity (Wildman–Crippen MR) is 66.8 cm³/mol. The Bertz CT molecular complexity index is 667. The lowest BCUT2D eigenvalue weighted by Gasteiger charge is -1.96. The van der Waals surface area contributed by atoms with Crippen molar-refractivity contribution in [1.29, 1.82) is 0 Å². The maximum Gasteiger partial charge on any atom is 0.139 e. The molecule has 0 atom stereocenters. The van der Waals surface area contributed by atoms with Gasteiger partial charge in [-0.05, 0) is 30.2 Å². The highest BCUT2D eigenvalue weighted by atomic mass is 16.3. The van der Waals surface area contributed by atoms with E-state index in [1.165, 1.54) is 10.9 Å². The molecule has 0 bridgehead atoms. The fourth-order valence-corrected chi connectivity index (χ4v) is 2.17. The first kappa shape index (κ1) is 9.28. The van der Waals surface area contributed by atoms with Gasteiger partial charge in [-0.3, -0.25) is 0 Å². The Labute approximate surface area is 93.5 Å². The fraction of sp³-hybridized carbons (Fsp3) is 0.143. The summed E-state index contributed by atoms with van der Waals surface area (Å²) >= 11 is 0. The molecular weight excluding hydrogens is 198 g/mol. The standard InChI is InChI=1S/C14H13NO/c1-2-9-6-7-12-11(8-9)10-4-3-5-13(16)14(10)15-12/h3-8,15-16H,2H2,1H3. The zero-order valence-electron chi connectivity index (χ0n) is 9.12. The van der Waals surface area contributed by atoms with Crippen LogP contribution in [-0.2, 0) is 6.42 Å². The van der Waals surface area contributed by atoms with Crippen molar-refractivity contribution < 1.29 is 5.11 Å². The van der Waals surface area contributed by atoms with E-state index in [1.807, 2.05) is 12.1 Å². The van der Waals surface area contributed by atoms with Crippen LogP contribution in [0.4, 0.5) is 0 Å². The van der Waals surface area contributed by atoms with Gasteiger partial charge < -0.3 is 10.1 Å². The second-order valence-corrected chi connectivity index (χ2v) is 4.06. The summed E-state index contributed by atoms with van der Waals surface area (Å²) in [4.78, 5) is 3.25. The molecule has 0 radical (unpaired) electrons. The van der Waals surface area contributed by atoms with Gasteiger partial charge in [0.1, 0.15) is 5.75 Å². The summed E-state index contributed by atoms with van der Waals surface area (Å²) in [5.74, 6) is 0.312. The highest BCUT2D eigenvalue weighted by molar-refractivity contribution is 6.09. The molecule has 2 N–H and O–H groups in total. The van der Waals surface area contributed by atoms with E-state index in [-0.39, 0.29) is 0 Å². The van der Waals surface area contributed by atoms with Gasteiger partial charge in [-0.15, -0.1) is 0 Å². The first-order valence-electron chi connectivity index (χ1n) is 5.52. The van der Waals surface area contributed by atoms with E-state index >= 15 is 0 Å². The SMILES string of the molecule is CCc1ccc2[nH]c3c(O)cccc3c2c1. The van der Waals surface area contributed by atoms with E-state index in [0.717, 1.165) is 22.8 Å². The molecule has 0 spiro atoms. The van der Waals surface area contributed by atoms with Gasteiger partial charge in [0.25, 0.3) is 0 Å². The number of hydrogen-bond donors (Lipinski definition) is 2. The Hall–Kier alpha value is -1.96. The van der Waals surface area contributed by atoms with Crippen LogP contribution in [0.1, 0.15) is 12.5 Å². The van der Waals surface area contributed by atoms with Crippen LogP contribution in [0.3, 0.4) is 0 Å². The van der Waals surface area contributed by atoms with Gasteiger partial charge in [0.15, 0.2) is 0 Å². The fourth-order valence-electron chi connectivity index (χ4n) is 2.17. The Morgan fingerprint density at radius 1 is 1.12 bits per heavy atom. The number of benzene rings is 2. The minimum atomic E-state index is 0.312. The molecule has 1 heterocycles. The van der Waals surface area contributed by atoms with Crippen LogP contribution < -0.4 is 0 Å². The van der Waals surface area contributed by atoms with E-state index < -0.39 is 0 Å². The lowest BCUT2D eigenvalue weighted by molar-refractivity contribution is 0.480. The summed E-state index contributed by atoms with van der Waals surface area (Å²) < 4.78 is 0. The third-order valence-corrected chi connectivity index (χ3v) is 3.08. The van der Waals surface area contributed by atoms with Gasteiger partial charge in [-0.2, -0.15) is 0 Å². The largest absolute Gasteiger partial charge is 0.506 e. The van der Waals surface area contributed by atoms with Crippen molar-refractivity contribution in [2.45, 2.75) is 13.3 Å². The molecule has 2 aromatic carbocycles. The molecule has 0 unspecified atom stereocenters. The van der Waals surface area contributed by atoms with Gasteiger partial charge in [-0.1, -0.05) is 25.1 Å². The van der Waals surface area contributed by atoms with Crippen LogP contribution in [0.25, 0.3) is 21.8 Å². The zero-order chi connectivity index (χ0) is 11.1. The second kappa shape index (κ2) is 3.27. The van der Waals surface area contributed by atoms with Crippen molar-refractivity contribution in [3.63, 3.8) is 0 Å². The molecule has 0 aliphatic heterocycles. The van der Waals surface area contributed by atoms with Crippen molar-refractivity contribution in [2.75, 3.05) is 0 Å². The summed E-state index contributed by atoms with van der Waals surface area (Å²) in [5.41, 5.74) is 3.22. The quantitative estimate of drug-likeness (QED) is 0.634. The average molecular weight is 211 g/mol. The number of phenolic OH excluding ortho intramolecular Hbond substituents is 1. The van der Waals surface area contributed by atoms with Crippen LogP contribution in [0.15, 0.2) is 36.4 Å². The minimum absolute atomic E-state index is 0.312. The van der Waals surface area contributed by atoms with Crippen LogP contribution in [0, 0.1) is 0 Å². The smallest absolute Gasteiger partial charge is 0.139 e. The minimum Gasteiger partial charge on any atom is -0.506 e. The maximum absolute atomic E-state index is 9.77. The molecular formula is C14H13NO. The Balaban J connectivity index is 2.47. The lowest BCUT2D eigenvalue weighted by atomic mass is 10.1. The molecule has 0 aliphatic rings. The van der Waals surface area contributed by atoms with Crippen molar-refractivity contribution in [2.24, 2.45) is 0 Å². The number of aromatic nitrogens is 1. The lowest BCUT2D eigenvalue weighted by Crippen LogP contribution is -1.77. The second-order valence-electron chi connectivity index (χ2n) is 4.06. The molecule has 16 heavy (non-hydrogen) atoms. The zero-order valence-corrected chi connectivity index (χ0v) is 9.12. The van der Waals surface area contributed by atoms with E-state index in [9.17, 15) is 5.11 Å². The van der Waals surface area contributed by atoms with E-state index in [0.29, 0.717) is 5.75 Å². The molecule has 2 heteroatoms. The molecule has 0 fully saturated rings. The number of aryl methyl sites for hydroxylation is 1.